The lowest BCUT2D eigenvalue weighted by Gasteiger charge is -2.32. The molecule has 19 heavy (non-hydrogen) atoms. The molecule has 0 aromatic heterocycles. The largest absolute Gasteiger partial charge is 0.324 e. The summed E-state index contributed by atoms with van der Waals surface area (Å²) in [5, 5.41) is 0.155. The molecule has 3 heteroatoms. The van der Waals surface area contributed by atoms with E-state index in [0.29, 0.717) is 11.5 Å². The predicted octanol–water partition coefficient (Wildman–Crippen LogP) is 4.21. The minimum Gasteiger partial charge on any atom is -0.324 e. The Hall–Kier alpha value is -1.38. The second kappa shape index (κ2) is 4.95. The molecule has 1 aliphatic carbocycles. The first-order chi connectivity index (χ1) is 9.16. The molecule has 3 rings (SSSR count). The zero-order chi connectivity index (χ0) is 13.4. The van der Waals surface area contributed by atoms with Crippen molar-refractivity contribution in [1.29, 1.82) is 0 Å². The van der Waals surface area contributed by atoms with Crippen LogP contribution in [-0.4, -0.2) is 0 Å². The molecule has 0 heterocycles. The summed E-state index contributed by atoms with van der Waals surface area (Å²) in [5.41, 5.74) is 9.64. The third-order valence-electron chi connectivity index (χ3n) is 3.88. The summed E-state index contributed by atoms with van der Waals surface area (Å²) >= 11 is 5.98. The van der Waals surface area contributed by atoms with Gasteiger partial charge in [0.1, 0.15) is 5.82 Å². The number of nitrogens with two attached hydrogens (primary N) is 1. The van der Waals surface area contributed by atoms with Crippen LogP contribution in [-0.2, 0) is 6.42 Å². The third-order valence-corrected chi connectivity index (χ3v) is 4.28. The van der Waals surface area contributed by atoms with Gasteiger partial charge in [0.2, 0.25) is 0 Å². The first kappa shape index (κ1) is 12.6. The van der Waals surface area contributed by atoms with Crippen molar-refractivity contribution in [2.75, 3.05) is 0 Å². The zero-order valence-electron chi connectivity index (χ0n) is 10.4. The van der Waals surface area contributed by atoms with Gasteiger partial charge in [-0.25, -0.2) is 4.39 Å². The van der Waals surface area contributed by atoms with Crippen LogP contribution >= 0.6 is 11.6 Å². The molecular weight excluding hydrogens is 261 g/mol. The maximum absolute atomic E-state index is 13.4. The molecule has 0 aliphatic heterocycles. The van der Waals surface area contributed by atoms with Crippen molar-refractivity contribution in [3.05, 3.63) is 70.0 Å². The monoisotopic (exact) mass is 275 g/mol. The van der Waals surface area contributed by atoms with Crippen molar-refractivity contribution in [1.82, 2.24) is 0 Å². The smallest absolute Gasteiger partial charge is 0.142 e. The Labute approximate surface area is 117 Å². The van der Waals surface area contributed by atoms with E-state index in [4.69, 9.17) is 17.3 Å². The summed E-state index contributed by atoms with van der Waals surface area (Å²) in [7, 11) is 0. The molecule has 2 unspecified atom stereocenters. The molecule has 0 saturated carbocycles. The van der Waals surface area contributed by atoms with Gasteiger partial charge >= 0.3 is 0 Å². The Morgan fingerprint density at radius 3 is 2.79 bits per heavy atom. The summed E-state index contributed by atoms with van der Waals surface area (Å²) in [5.74, 6) is 0.0640. The van der Waals surface area contributed by atoms with Gasteiger partial charge in [0.25, 0.3) is 0 Å². The fourth-order valence-corrected chi connectivity index (χ4v) is 3.08. The van der Waals surface area contributed by atoms with Crippen molar-refractivity contribution in [2.24, 2.45) is 5.73 Å². The molecule has 0 fully saturated rings. The molecule has 2 atom stereocenters. The number of hydrogen-bond acceptors (Lipinski definition) is 1. The van der Waals surface area contributed by atoms with Gasteiger partial charge in [0, 0.05) is 6.04 Å². The van der Waals surface area contributed by atoms with Crippen molar-refractivity contribution in [3.63, 3.8) is 0 Å². The summed E-state index contributed by atoms with van der Waals surface area (Å²) in [6.45, 7) is 0. The van der Waals surface area contributed by atoms with Gasteiger partial charge < -0.3 is 5.73 Å². The normalized spacial score (nSPS) is 18.6. The molecule has 0 radical (unpaired) electrons. The fourth-order valence-electron chi connectivity index (χ4n) is 2.81. The number of rotatable bonds is 3. The van der Waals surface area contributed by atoms with E-state index >= 15 is 0 Å². The highest BCUT2D eigenvalue weighted by atomic mass is 35.5. The Morgan fingerprint density at radius 2 is 2.00 bits per heavy atom. The molecule has 1 nitrogen and oxygen atoms in total. The molecule has 0 bridgehead atoms. The lowest BCUT2D eigenvalue weighted by molar-refractivity contribution is 0.496. The van der Waals surface area contributed by atoms with Crippen molar-refractivity contribution in [2.45, 2.75) is 24.8 Å². The van der Waals surface area contributed by atoms with Gasteiger partial charge in [-0.3, -0.25) is 0 Å². The Kier molecular flexibility index (Phi) is 3.29. The highest BCUT2D eigenvalue weighted by Crippen LogP contribution is 2.41. The number of hydrogen-bond donors (Lipinski definition) is 1. The van der Waals surface area contributed by atoms with Gasteiger partial charge in [0.05, 0.1) is 5.02 Å². The van der Waals surface area contributed by atoms with Crippen LogP contribution in [0.2, 0.25) is 5.02 Å². The molecule has 98 valence electrons. The van der Waals surface area contributed by atoms with E-state index < -0.39 is 5.82 Å². The summed E-state index contributed by atoms with van der Waals surface area (Å²) in [4.78, 5) is 0. The van der Waals surface area contributed by atoms with Crippen LogP contribution in [0.5, 0.6) is 0 Å². The van der Waals surface area contributed by atoms with Gasteiger partial charge in [-0.2, -0.15) is 0 Å². The minimum absolute atomic E-state index is 0.155. The second-order valence-electron chi connectivity index (χ2n) is 5.09. The highest BCUT2D eigenvalue weighted by Gasteiger charge is 2.28. The first-order valence-electron chi connectivity index (χ1n) is 6.44. The SMILES string of the molecule is NC(CC1Cc2ccccc21)c1cccc(F)c1Cl. The van der Waals surface area contributed by atoms with Crippen molar-refractivity contribution >= 4 is 11.6 Å². The first-order valence-corrected chi connectivity index (χ1v) is 6.82. The van der Waals surface area contributed by atoms with Gasteiger partial charge in [0.15, 0.2) is 0 Å². The van der Waals surface area contributed by atoms with Crippen LogP contribution in [0.4, 0.5) is 4.39 Å². The summed E-state index contributed by atoms with van der Waals surface area (Å²) in [6.07, 6.45) is 1.86. The van der Waals surface area contributed by atoms with Gasteiger partial charge in [-0.1, -0.05) is 48.0 Å². The second-order valence-corrected chi connectivity index (χ2v) is 5.46. The third kappa shape index (κ3) is 2.26. The minimum atomic E-state index is -0.399. The maximum Gasteiger partial charge on any atom is 0.142 e. The van der Waals surface area contributed by atoms with E-state index in [1.807, 2.05) is 6.07 Å². The van der Waals surface area contributed by atoms with Crippen LogP contribution < -0.4 is 5.73 Å². The highest BCUT2D eigenvalue weighted by molar-refractivity contribution is 6.31. The van der Waals surface area contributed by atoms with E-state index in [1.165, 1.54) is 17.2 Å². The van der Waals surface area contributed by atoms with E-state index in [2.05, 4.69) is 18.2 Å². The Balaban J connectivity index is 1.77. The summed E-state index contributed by atoms with van der Waals surface area (Å²) in [6, 6.07) is 13.0. The summed E-state index contributed by atoms with van der Waals surface area (Å²) < 4.78 is 13.4. The molecule has 2 aromatic carbocycles. The molecule has 0 spiro atoms. The van der Waals surface area contributed by atoms with E-state index in [0.717, 1.165) is 12.8 Å². The number of benzene rings is 2. The Bertz CT molecular complexity index is 611. The van der Waals surface area contributed by atoms with Crippen LogP contribution in [0.1, 0.15) is 35.1 Å². The lowest BCUT2D eigenvalue weighted by Crippen LogP contribution is -2.23. The topological polar surface area (TPSA) is 26.0 Å². The van der Waals surface area contributed by atoms with Crippen LogP contribution in [0.25, 0.3) is 0 Å². The number of fused-ring (bicyclic) bond motifs is 1. The standard InChI is InChI=1S/C16H15ClFN/c17-16-13(6-3-7-14(16)18)15(19)9-11-8-10-4-1-2-5-12(10)11/h1-7,11,15H,8-9,19H2. The average Bonchev–Trinajstić information content (AvgIpc) is 2.39. The van der Waals surface area contributed by atoms with Crippen molar-refractivity contribution < 1.29 is 4.39 Å². The fraction of sp³-hybridized carbons (Fsp3) is 0.250. The number of halogens is 2. The Morgan fingerprint density at radius 1 is 1.21 bits per heavy atom. The van der Waals surface area contributed by atoms with Gasteiger partial charge in [-0.05, 0) is 41.5 Å². The molecular formula is C16H15ClFN. The molecule has 2 aromatic rings. The zero-order valence-corrected chi connectivity index (χ0v) is 11.2. The van der Waals surface area contributed by atoms with Gasteiger partial charge in [-0.15, -0.1) is 0 Å². The molecule has 0 saturated heterocycles. The molecule has 2 N–H and O–H groups in total. The van der Waals surface area contributed by atoms with Crippen LogP contribution in [0, 0.1) is 5.82 Å². The van der Waals surface area contributed by atoms with E-state index in [-0.39, 0.29) is 11.1 Å². The van der Waals surface area contributed by atoms with E-state index in [9.17, 15) is 4.39 Å². The van der Waals surface area contributed by atoms with Crippen molar-refractivity contribution in [3.8, 4) is 0 Å². The van der Waals surface area contributed by atoms with E-state index in [1.54, 1.807) is 12.1 Å². The predicted molar refractivity (Wildman–Crippen MR) is 75.8 cm³/mol. The average molecular weight is 276 g/mol. The lowest BCUT2D eigenvalue weighted by atomic mass is 9.74. The maximum atomic E-state index is 13.4. The molecule has 1 aliphatic rings. The van der Waals surface area contributed by atoms with Crippen LogP contribution in [0.3, 0.4) is 0 Å². The molecule has 0 amide bonds. The van der Waals surface area contributed by atoms with Crippen LogP contribution in [0.15, 0.2) is 42.5 Å². The quantitative estimate of drug-likeness (QED) is 0.892.